The lowest BCUT2D eigenvalue weighted by molar-refractivity contribution is -0.132. The largest absolute Gasteiger partial charge is 0.482 e. The number of carbonyl (C=O) groups is 1. The highest BCUT2D eigenvalue weighted by Gasteiger charge is 2.15. The van der Waals surface area contributed by atoms with Crippen LogP contribution in [0.15, 0.2) is 42.5 Å². The molecule has 2 aromatic carbocycles. The molecule has 0 unspecified atom stereocenters. The van der Waals surface area contributed by atoms with Crippen molar-refractivity contribution in [2.24, 2.45) is 0 Å². The summed E-state index contributed by atoms with van der Waals surface area (Å²) in [6.45, 7) is -0.122. The van der Waals surface area contributed by atoms with Gasteiger partial charge in [-0.1, -0.05) is 41.4 Å². The van der Waals surface area contributed by atoms with E-state index in [1.807, 2.05) is 0 Å². The second kappa shape index (κ2) is 7.47. The van der Waals surface area contributed by atoms with Gasteiger partial charge in [0.2, 0.25) is 0 Å². The summed E-state index contributed by atoms with van der Waals surface area (Å²) in [5.41, 5.74) is 0.276. The van der Waals surface area contributed by atoms with E-state index >= 15 is 0 Å². The molecule has 0 fully saturated rings. The zero-order chi connectivity index (χ0) is 16.1. The van der Waals surface area contributed by atoms with Crippen LogP contribution in [-0.4, -0.2) is 24.5 Å². The highest BCUT2D eigenvalue weighted by Crippen LogP contribution is 2.23. The van der Waals surface area contributed by atoms with Crippen LogP contribution in [0.5, 0.6) is 5.75 Å². The topological polar surface area (TPSA) is 29.5 Å². The van der Waals surface area contributed by atoms with Gasteiger partial charge in [0.25, 0.3) is 5.91 Å². The van der Waals surface area contributed by atoms with Gasteiger partial charge < -0.3 is 9.64 Å². The predicted molar refractivity (Wildman–Crippen MR) is 84.8 cm³/mol. The normalized spacial score (nSPS) is 10.4. The zero-order valence-electron chi connectivity index (χ0n) is 11.9. The molecule has 6 heteroatoms. The number of hydrogen-bond donors (Lipinski definition) is 0. The van der Waals surface area contributed by atoms with E-state index < -0.39 is 5.82 Å². The molecule has 0 aromatic heterocycles. The van der Waals surface area contributed by atoms with Gasteiger partial charge in [0.05, 0.1) is 5.02 Å². The average molecular weight is 342 g/mol. The summed E-state index contributed by atoms with van der Waals surface area (Å²) in [7, 11) is 1.56. The lowest BCUT2D eigenvalue weighted by atomic mass is 10.2. The fourth-order valence-corrected chi connectivity index (χ4v) is 2.23. The number of rotatable bonds is 5. The second-order valence-electron chi connectivity index (χ2n) is 4.67. The Kier molecular flexibility index (Phi) is 5.63. The maximum absolute atomic E-state index is 13.7. The molecular formula is C16H14Cl2FNO2. The molecule has 0 aliphatic heterocycles. The van der Waals surface area contributed by atoms with E-state index in [0.717, 1.165) is 0 Å². The molecule has 22 heavy (non-hydrogen) atoms. The van der Waals surface area contributed by atoms with E-state index in [9.17, 15) is 9.18 Å². The van der Waals surface area contributed by atoms with Crippen LogP contribution in [-0.2, 0) is 11.3 Å². The molecule has 0 heterocycles. The molecule has 0 spiro atoms. The number of para-hydroxylation sites is 1. The Labute approximate surface area is 138 Å². The van der Waals surface area contributed by atoms with Gasteiger partial charge in [0, 0.05) is 24.2 Å². The SMILES string of the molecule is CN(Cc1c(F)cccc1Cl)C(=O)COc1ccccc1Cl. The Balaban J connectivity index is 1.97. The molecule has 3 nitrogen and oxygen atoms in total. The van der Waals surface area contributed by atoms with Crippen molar-refractivity contribution in [3.63, 3.8) is 0 Å². The lowest BCUT2D eigenvalue weighted by Gasteiger charge is -2.19. The van der Waals surface area contributed by atoms with Gasteiger partial charge in [-0.3, -0.25) is 4.79 Å². The van der Waals surface area contributed by atoms with Gasteiger partial charge in [0.15, 0.2) is 6.61 Å². The maximum Gasteiger partial charge on any atom is 0.260 e. The molecule has 0 aliphatic rings. The molecule has 0 bridgehead atoms. The minimum atomic E-state index is -0.445. The van der Waals surface area contributed by atoms with E-state index in [1.54, 1.807) is 37.4 Å². The fraction of sp³-hybridized carbons (Fsp3) is 0.188. The van der Waals surface area contributed by atoms with Crippen LogP contribution in [0.1, 0.15) is 5.56 Å². The first kappa shape index (κ1) is 16.6. The van der Waals surface area contributed by atoms with E-state index in [4.69, 9.17) is 27.9 Å². The van der Waals surface area contributed by atoms with Crippen molar-refractivity contribution < 1.29 is 13.9 Å². The molecule has 116 valence electrons. The second-order valence-corrected chi connectivity index (χ2v) is 5.48. The quantitative estimate of drug-likeness (QED) is 0.816. The summed E-state index contributed by atoms with van der Waals surface area (Å²) in [6, 6.07) is 11.3. The Hall–Kier alpha value is -1.78. The summed E-state index contributed by atoms with van der Waals surface area (Å²) in [4.78, 5) is 13.4. The highest BCUT2D eigenvalue weighted by atomic mass is 35.5. The Morgan fingerprint density at radius 3 is 2.50 bits per heavy atom. The molecule has 2 aromatic rings. The number of likely N-dealkylation sites (N-methyl/N-ethyl adjacent to an activating group) is 1. The monoisotopic (exact) mass is 341 g/mol. The number of carbonyl (C=O) groups excluding carboxylic acids is 1. The Bertz CT molecular complexity index is 659. The van der Waals surface area contributed by atoms with Gasteiger partial charge in [-0.05, 0) is 24.3 Å². The fourth-order valence-electron chi connectivity index (χ4n) is 1.82. The number of ether oxygens (including phenoxy) is 1. The molecule has 0 N–H and O–H groups in total. The summed E-state index contributed by atoms with van der Waals surface area (Å²) in [5.74, 6) is -0.326. The van der Waals surface area contributed by atoms with Crippen molar-refractivity contribution in [1.82, 2.24) is 4.90 Å². The lowest BCUT2D eigenvalue weighted by Crippen LogP contribution is -2.31. The third-order valence-corrected chi connectivity index (χ3v) is 3.74. The van der Waals surface area contributed by atoms with Crippen molar-refractivity contribution >= 4 is 29.1 Å². The van der Waals surface area contributed by atoms with Crippen LogP contribution in [0.25, 0.3) is 0 Å². The molecule has 1 amide bonds. The van der Waals surface area contributed by atoms with Crippen molar-refractivity contribution in [2.75, 3.05) is 13.7 Å². The van der Waals surface area contributed by atoms with Crippen LogP contribution < -0.4 is 4.74 Å². The third-order valence-electron chi connectivity index (χ3n) is 3.07. The average Bonchev–Trinajstić information content (AvgIpc) is 2.49. The standard InChI is InChI=1S/C16H14Cl2FNO2/c1-20(9-11-12(17)6-4-7-14(11)19)16(21)10-22-15-8-3-2-5-13(15)18/h2-8H,9-10H2,1H3. The molecule has 0 atom stereocenters. The van der Waals surface area contributed by atoms with E-state index in [0.29, 0.717) is 10.8 Å². The first-order chi connectivity index (χ1) is 10.5. The van der Waals surface area contributed by atoms with Crippen LogP contribution in [0.3, 0.4) is 0 Å². The number of amides is 1. The van der Waals surface area contributed by atoms with Crippen LogP contribution in [0.2, 0.25) is 10.0 Å². The van der Waals surface area contributed by atoms with Crippen molar-refractivity contribution in [3.05, 3.63) is 63.9 Å². The number of nitrogens with zero attached hydrogens (tertiary/aromatic N) is 1. The number of hydrogen-bond acceptors (Lipinski definition) is 2. The smallest absolute Gasteiger partial charge is 0.260 e. The summed E-state index contributed by atoms with van der Waals surface area (Å²) >= 11 is 11.9. The van der Waals surface area contributed by atoms with Crippen molar-refractivity contribution in [1.29, 1.82) is 0 Å². The van der Waals surface area contributed by atoms with Crippen LogP contribution in [0, 0.1) is 5.82 Å². The van der Waals surface area contributed by atoms with Crippen LogP contribution >= 0.6 is 23.2 Å². The Morgan fingerprint density at radius 1 is 1.14 bits per heavy atom. The minimum absolute atomic E-state index is 0.0657. The van der Waals surface area contributed by atoms with Gasteiger partial charge in [-0.15, -0.1) is 0 Å². The number of halogens is 3. The van der Waals surface area contributed by atoms with Gasteiger partial charge in [-0.25, -0.2) is 4.39 Å². The Morgan fingerprint density at radius 2 is 1.82 bits per heavy atom. The zero-order valence-corrected chi connectivity index (χ0v) is 13.4. The van der Waals surface area contributed by atoms with E-state index in [1.165, 1.54) is 17.0 Å². The molecule has 0 saturated heterocycles. The van der Waals surface area contributed by atoms with Gasteiger partial charge in [-0.2, -0.15) is 0 Å². The molecule has 2 rings (SSSR count). The highest BCUT2D eigenvalue weighted by molar-refractivity contribution is 6.32. The summed E-state index contributed by atoms with van der Waals surface area (Å²) in [5, 5.41) is 0.710. The minimum Gasteiger partial charge on any atom is -0.482 e. The summed E-state index contributed by atoms with van der Waals surface area (Å²) < 4.78 is 19.1. The van der Waals surface area contributed by atoms with E-state index in [-0.39, 0.29) is 29.6 Å². The third kappa shape index (κ3) is 4.12. The first-order valence-electron chi connectivity index (χ1n) is 6.53. The molecule has 0 saturated carbocycles. The molecule has 0 radical (unpaired) electrons. The maximum atomic E-state index is 13.7. The van der Waals surface area contributed by atoms with Crippen molar-refractivity contribution in [2.45, 2.75) is 6.54 Å². The number of benzene rings is 2. The molecule has 0 aliphatic carbocycles. The first-order valence-corrected chi connectivity index (χ1v) is 7.29. The van der Waals surface area contributed by atoms with Crippen LogP contribution in [0.4, 0.5) is 4.39 Å². The van der Waals surface area contributed by atoms with Gasteiger partial charge >= 0.3 is 0 Å². The molecular weight excluding hydrogens is 328 g/mol. The van der Waals surface area contributed by atoms with Gasteiger partial charge in [0.1, 0.15) is 11.6 Å². The van der Waals surface area contributed by atoms with Crippen molar-refractivity contribution in [3.8, 4) is 5.75 Å². The predicted octanol–water partition coefficient (Wildman–Crippen LogP) is 4.17. The summed E-state index contributed by atoms with van der Waals surface area (Å²) in [6.07, 6.45) is 0. The van der Waals surface area contributed by atoms with E-state index in [2.05, 4.69) is 0 Å².